The van der Waals surface area contributed by atoms with Crippen molar-refractivity contribution in [3.8, 4) is 5.75 Å². The molecular formula is C48H60ClN3O10. The number of carbonyl (C=O) groups is 5. The van der Waals surface area contributed by atoms with Crippen LogP contribution in [0.3, 0.4) is 0 Å². The number of fused-ring (bicyclic) bond motifs is 4. The molecule has 3 aliphatic carbocycles. The van der Waals surface area contributed by atoms with Crippen LogP contribution in [0.15, 0.2) is 66.3 Å². The van der Waals surface area contributed by atoms with Crippen LogP contribution in [0.25, 0.3) is 10.9 Å². The van der Waals surface area contributed by atoms with E-state index in [1.807, 2.05) is 25.1 Å². The maximum atomic E-state index is 14.0. The molecule has 3 N–H and O–H groups in total. The van der Waals surface area contributed by atoms with Crippen LogP contribution in [0.5, 0.6) is 5.75 Å². The summed E-state index contributed by atoms with van der Waals surface area (Å²) in [4.78, 5) is 66.0. The maximum Gasteiger partial charge on any atom is 0.509 e. The van der Waals surface area contributed by atoms with Gasteiger partial charge in [0.1, 0.15) is 12.5 Å². The minimum absolute atomic E-state index is 0.0403. The highest BCUT2D eigenvalue weighted by Gasteiger charge is 2.53. The van der Waals surface area contributed by atoms with E-state index in [4.69, 9.17) is 30.5 Å². The minimum atomic E-state index is -1.66. The highest BCUT2D eigenvalue weighted by molar-refractivity contribution is 6.30. The highest BCUT2D eigenvalue weighted by atomic mass is 35.5. The Kier molecular flexibility index (Phi) is 15.4. The Bertz CT molecular complexity index is 2200. The van der Waals surface area contributed by atoms with Gasteiger partial charge in [0.05, 0.1) is 31.8 Å². The first kappa shape index (κ1) is 46.5. The number of unbranched alkanes of at least 4 members (excludes halogenated alkanes) is 1. The Morgan fingerprint density at radius 3 is 2.45 bits per heavy atom. The molecule has 1 heterocycles. The van der Waals surface area contributed by atoms with Gasteiger partial charge in [0.25, 0.3) is 5.91 Å². The molecule has 2 fully saturated rings. The predicted octanol–water partition coefficient (Wildman–Crippen LogP) is 7.80. The lowest BCUT2D eigenvalue weighted by Gasteiger charge is -2.51. The molecule has 0 aliphatic heterocycles. The number of hydrogen-bond acceptors (Lipinski definition) is 11. The van der Waals surface area contributed by atoms with Crippen LogP contribution in [0, 0.1) is 30.1 Å². The fourth-order valence-electron chi connectivity index (χ4n) is 9.99. The number of amides is 1. The first-order chi connectivity index (χ1) is 29.7. The number of carbonyl (C=O) groups excluding carboxylic acids is 5. The van der Waals surface area contributed by atoms with E-state index in [9.17, 15) is 29.1 Å². The maximum absolute atomic E-state index is 14.0. The molecule has 14 heteroatoms. The summed E-state index contributed by atoms with van der Waals surface area (Å²) in [5.41, 5.74) is 1.40. The number of esters is 1. The molecule has 3 aromatic rings. The number of ether oxygens (including phenoxy) is 4. The van der Waals surface area contributed by atoms with Gasteiger partial charge in [-0.2, -0.15) is 0 Å². The third kappa shape index (κ3) is 10.1. The van der Waals surface area contributed by atoms with E-state index >= 15 is 0 Å². The highest BCUT2D eigenvalue weighted by Crippen LogP contribution is 2.56. The summed E-state index contributed by atoms with van der Waals surface area (Å²) in [7, 11) is 1.57. The molecule has 334 valence electrons. The Morgan fingerprint density at radius 1 is 0.984 bits per heavy atom. The summed E-state index contributed by atoms with van der Waals surface area (Å²) < 4.78 is 23.8. The van der Waals surface area contributed by atoms with Gasteiger partial charge < -0.3 is 29.4 Å². The summed E-state index contributed by atoms with van der Waals surface area (Å²) in [6, 6.07) is 12.1. The summed E-state index contributed by atoms with van der Waals surface area (Å²) in [6.07, 6.45) is 8.26. The second kappa shape index (κ2) is 20.5. The average Bonchev–Trinajstić information content (AvgIpc) is 3.55. The number of allylic oxidation sites excluding steroid dienone is 4. The molecule has 62 heavy (non-hydrogen) atoms. The summed E-state index contributed by atoms with van der Waals surface area (Å²) in [6.45, 7) is 8.52. The van der Waals surface area contributed by atoms with Crippen LogP contribution < -0.4 is 15.4 Å². The Hall–Kier alpha value is -4.98. The van der Waals surface area contributed by atoms with Crippen molar-refractivity contribution in [3.63, 3.8) is 0 Å². The van der Waals surface area contributed by atoms with Crippen LogP contribution in [-0.2, 0) is 35.0 Å². The van der Waals surface area contributed by atoms with Crippen molar-refractivity contribution in [1.82, 2.24) is 15.2 Å². The lowest BCUT2D eigenvalue weighted by molar-refractivity contribution is -0.172. The van der Waals surface area contributed by atoms with Crippen molar-refractivity contribution in [2.24, 2.45) is 23.2 Å². The van der Waals surface area contributed by atoms with Crippen molar-refractivity contribution in [2.45, 2.75) is 104 Å². The lowest BCUT2D eigenvalue weighted by Crippen LogP contribution is -2.48. The number of rotatable bonds is 15. The largest absolute Gasteiger partial charge is 0.509 e. The Balaban J connectivity index is 1.03. The SMILES string of the molecule is CCOC(=O)OC1(C(=O)OCNCCCCNC(=O)Cc2c(C)n(C(=O)c3ccc(Cl)cc3)c3ccc(OC)cc23)CCC(O)C2C(CCC3=CC(=O)C=CC32C)C(CC)CC1. The fraction of sp³-hybridized carbons (Fsp3) is 0.521. The van der Waals surface area contributed by atoms with E-state index in [2.05, 4.69) is 24.5 Å². The van der Waals surface area contributed by atoms with Crippen molar-refractivity contribution in [2.75, 3.05) is 33.5 Å². The van der Waals surface area contributed by atoms with E-state index in [0.29, 0.717) is 59.9 Å². The number of aliphatic hydroxyl groups excluding tert-OH is 1. The van der Waals surface area contributed by atoms with Gasteiger partial charge >= 0.3 is 12.1 Å². The Labute approximate surface area is 368 Å². The molecule has 0 spiro atoms. The molecule has 0 radical (unpaired) electrons. The number of hydrogen-bond donors (Lipinski definition) is 3. The van der Waals surface area contributed by atoms with Crippen molar-refractivity contribution >= 4 is 52.2 Å². The number of aromatic nitrogens is 1. The molecular weight excluding hydrogens is 814 g/mol. The number of halogens is 1. The third-order valence-electron chi connectivity index (χ3n) is 13.3. The van der Waals surface area contributed by atoms with Gasteiger partial charge in [0.15, 0.2) is 5.78 Å². The molecule has 13 nitrogen and oxygen atoms in total. The zero-order valence-corrected chi connectivity index (χ0v) is 37.2. The van der Waals surface area contributed by atoms with E-state index in [-0.39, 0.29) is 74.4 Å². The summed E-state index contributed by atoms with van der Waals surface area (Å²) in [5.74, 6) is -0.454. The Morgan fingerprint density at radius 2 is 1.73 bits per heavy atom. The van der Waals surface area contributed by atoms with E-state index in [0.717, 1.165) is 35.8 Å². The molecule has 6 unspecified atom stereocenters. The zero-order chi connectivity index (χ0) is 44.6. The average molecular weight is 874 g/mol. The van der Waals surface area contributed by atoms with Crippen LogP contribution in [-0.4, -0.2) is 84.6 Å². The van der Waals surface area contributed by atoms with Gasteiger partial charge in [-0.05, 0) is 137 Å². The topological polar surface area (TPSA) is 171 Å². The van der Waals surface area contributed by atoms with E-state index in [1.165, 1.54) is 0 Å². The number of methoxy groups -OCH3 is 1. The molecule has 6 atom stereocenters. The number of benzene rings is 2. The summed E-state index contributed by atoms with van der Waals surface area (Å²) in [5, 5.41) is 19.3. The van der Waals surface area contributed by atoms with Gasteiger partial charge in [-0.25, -0.2) is 9.59 Å². The van der Waals surface area contributed by atoms with Crippen LogP contribution in [0.2, 0.25) is 5.02 Å². The first-order valence-electron chi connectivity index (χ1n) is 21.9. The van der Waals surface area contributed by atoms with Gasteiger partial charge in [0, 0.05) is 46.0 Å². The quantitative estimate of drug-likeness (QED) is 0.0773. The molecule has 0 bridgehead atoms. The van der Waals surface area contributed by atoms with Crippen molar-refractivity contribution in [3.05, 3.63) is 88.1 Å². The minimum Gasteiger partial charge on any atom is -0.497 e. The van der Waals surface area contributed by atoms with Crippen LogP contribution in [0.4, 0.5) is 4.79 Å². The van der Waals surface area contributed by atoms with Crippen LogP contribution >= 0.6 is 11.6 Å². The van der Waals surface area contributed by atoms with Crippen LogP contribution in [0.1, 0.15) is 100 Å². The molecule has 0 saturated heterocycles. The van der Waals surface area contributed by atoms with Crippen molar-refractivity contribution < 1.29 is 48.0 Å². The van der Waals surface area contributed by atoms with E-state index in [1.54, 1.807) is 61.1 Å². The number of ketones is 1. The molecule has 3 aliphatic rings. The monoisotopic (exact) mass is 873 g/mol. The standard InChI is InChI=1S/C48H60ClN3O10/c1-6-31-18-22-48(62-46(58)60-7-2,23-20-41(54)43-37(31)16-12-33-26-35(53)19-21-47(33,43)4)45(57)61-29-50-24-8-9-25-51-42(55)28-38-30(3)52(40-17-15-36(59-5)27-39(38)40)44(56)32-10-13-34(49)14-11-32/h10-11,13-15,17,19,21,26-27,31,37,41,43,50,54H,6-9,12,16,18,20,22-25,28-29H2,1-5H3,(H,51,55). The van der Waals surface area contributed by atoms with Gasteiger partial charge in [-0.1, -0.05) is 43.5 Å². The normalized spacial score (nSPS) is 24.7. The van der Waals surface area contributed by atoms with E-state index < -0.39 is 29.2 Å². The smallest absolute Gasteiger partial charge is 0.497 e. The number of nitrogens with one attached hydrogen (secondary N) is 2. The second-order valence-corrected chi connectivity index (χ2v) is 17.3. The lowest BCUT2D eigenvalue weighted by atomic mass is 9.54. The molecule has 6 rings (SSSR count). The van der Waals surface area contributed by atoms with Gasteiger partial charge in [-0.15, -0.1) is 0 Å². The molecule has 1 amide bonds. The van der Waals surface area contributed by atoms with Gasteiger partial charge in [-0.3, -0.25) is 24.3 Å². The van der Waals surface area contributed by atoms with Gasteiger partial charge in [0.2, 0.25) is 11.5 Å². The molecule has 2 aromatic carbocycles. The second-order valence-electron chi connectivity index (χ2n) is 16.9. The predicted molar refractivity (Wildman–Crippen MR) is 235 cm³/mol. The number of nitrogens with zero attached hydrogens (tertiary/aromatic N) is 1. The zero-order valence-electron chi connectivity index (χ0n) is 36.4. The molecule has 2 saturated carbocycles. The summed E-state index contributed by atoms with van der Waals surface area (Å²) >= 11 is 6.06. The number of aliphatic hydroxyl groups is 1. The first-order valence-corrected chi connectivity index (χ1v) is 22.2. The molecule has 1 aromatic heterocycles. The fourth-order valence-corrected chi connectivity index (χ4v) is 10.1. The van der Waals surface area contributed by atoms with Crippen molar-refractivity contribution in [1.29, 1.82) is 0 Å². The third-order valence-corrected chi connectivity index (χ3v) is 13.6.